The zero-order valence-electron chi connectivity index (χ0n) is 7.36. The van der Waals surface area contributed by atoms with Crippen molar-refractivity contribution in [2.24, 2.45) is 0 Å². The Kier molecular flexibility index (Phi) is 1.93. The molecule has 0 atom stereocenters. The van der Waals surface area contributed by atoms with Gasteiger partial charge in [-0.3, -0.25) is 0 Å². The highest BCUT2D eigenvalue weighted by Gasteiger charge is 2.14. The molecule has 0 fully saturated rings. The van der Waals surface area contributed by atoms with Gasteiger partial charge in [0, 0.05) is 17.3 Å². The van der Waals surface area contributed by atoms with Gasteiger partial charge in [-0.05, 0) is 13.0 Å². The van der Waals surface area contributed by atoms with Gasteiger partial charge in [0.05, 0.1) is 5.69 Å². The minimum absolute atomic E-state index is 0.0623. The van der Waals surface area contributed by atoms with Crippen LogP contribution < -0.4 is 0 Å². The van der Waals surface area contributed by atoms with E-state index in [0.717, 1.165) is 0 Å². The highest BCUT2D eigenvalue weighted by atomic mass is 35.5. The topological polar surface area (TPSA) is 54.6 Å². The molecule has 0 bridgehead atoms. The number of carboxylic acids is 1. The number of nitrogens with zero attached hydrogens (tertiary/aromatic N) is 2. The third-order valence-electron chi connectivity index (χ3n) is 2.03. The number of carbonyl (C=O) groups is 1. The summed E-state index contributed by atoms with van der Waals surface area (Å²) in [6.07, 6.45) is 1.70. The first kappa shape index (κ1) is 9.02. The van der Waals surface area contributed by atoms with Gasteiger partial charge in [-0.1, -0.05) is 11.6 Å². The van der Waals surface area contributed by atoms with Crippen molar-refractivity contribution in [2.45, 2.75) is 6.92 Å². The lowest BCUT2D eigenvalue weighted by molar-refractivity contribution is 0.0690. The van der Waals surface area contributed by atoms with Crippen molar-refractivity contribution in [1.82, 2.24) is 9.38 Å². The Morgan fingerprint density at radius 2 is 2.36 bits per heavy atom. The normalized spacial score (nSPS) is 10.7. The predicted molar refractivity (Wildman–Crippen MR) is 51.9 cm³/mol. The first-order valence-corrected chi connectivity index (χ1v) is 4.35. The zero-order valence-corrected chi connectivity index (χ0v) is 8.12. The molecule has 2 aromatic heterocycles. The second kappa shape index (κ2) is 2.99. The smallest absolute Gasteiger partial charge is 0.356 e. The van der Waals surface area contributed by atoms with Gasteiger partial charge in [0.1, 0.15) is 5.65 Å². The van der Waals surface area contributed by atoms with Crippen molar-refractivity contribution in [2.75, 3.05) is 0 Å². The Balaban J connectivity index is 2.79. The highest BCUT2D eigenvalue weighted by Crippen LogP contribution is 2.15. The Morgan fingerprint density at radius 3 is 3.00 bits per heavy atom. The second-order valence-corrected chi connectivity index (χ2v) is 3.36. The SMILES string of the molecule is Cc1c(C(=O)O)nc2cc(Cl)ccn12. The molecular weight excluding hydrogens is 204 g/mol. The van der Waals surface area contributed by atoms with Crippen LogP contribution in [0, 0.1) is 6.92 Å². The molecule has 2 heterocycles. The molecule has 0 spiro atoms. The Hall–Kier alpha value is -1.55. The number of carboxylic acid groups (broad SMARTS) is 1. The Bertz CT molecular complexity index is 519. The van der Waals surface area contributed by atoms with E-state index in [-0.39, 0.29) is 5.69 Å². The summed E-state index contributed by atoms with van der Waals surface area (Å²) in [4.78, 5) is 14.7. The summed E-state index contributed by atoms with van der Waals surface area (Å²) in [5.41, 5.74) is 1.21. The first-order valence-electron chi connectivity index (χ1n) is 3.97. The summed E-state index contributed by atoms with van der Waals surface area (Å²) >= 11 is 5.76. The van der Waals surface area contributed by atoms with Gasteiger partial charge >= 0.3 is 5.97 Å². The fraction of sp³-hybridized carbons (Fsp3) is 0.111. The van der Waals surface area contributed by atoms with Crippen LogP contribution in [0.2, 0.25) is 5.02 Å². The molecule has 2 rings (SSSR count). The summed E-state index contributed by atoms with van der Waals surface area (Å²) in [5.74, 6) is -1.03. The lowest BCUT2D eigenvalue weighted by atomic mass is 10.3. The number of fused-ring (bicyclic) bond motifs is 1. The van der Waals surface area contributed by atoms with Crippen molar-refractivity contribution in [3.8, 4) is 0 Å². The van der Waals surface area contributed by atoms with Gasteiger partial charge in [0.2, 0.25) is 0 Å². The van der Waals surface area contributed by atoms with Crippen molar-refractivity contribution in [3.05, 3.63) is 34.7 Å². The Labute approximate surface area is 84.8 Å². The van der Waals surface area contributed by atoms with E-state index in [1.54, 1.807) is 29.7 Å². The fourth-order valence-electron chi connectivity index (χ4n) is 1.34. The van der Waals surface area contributed by atoms with Gasteiger partial charge in [0.25, 0.3) is 0 Å². The molecule has 0 amide bonds. The van der Waals surface area contributed by atoms with Crippen molar-refractivity contribution in [1.29, 1.82) is 0 Å². The zero-order chi connectivity index (χ0) is 10.3. The van der Waals surface area contributed by atoms with Crippen LogP contribution in [0.15, 0.2) is 18.3 Å². The summed E-state index contributed by atoms with van der Waals surface area (Å²) in [7, 11) is 0. The third kappa shape index (κ3) is 1.24. The quantitative estimate of drug-likeness (QED) is 0.783. The number of halogens is 1. The lowest BCUT2D eigenvalue weighted by Crippen LogP contribution is -1.99. The largest absolute Gasteiger partial charge is 0.476 e. The van der Waals surface area contributed by atoms with Crippen LogP contribution >= 0.6 is 11.6 Å². The van der Waals surface area contributed by atoms with Crippen LogP contribution in [0.5, 0.6) is 0 Å². The van der Waals surface area contributed by atoms with E-state index in [1.807, 2.05) is 0 Å². The standard InChI is InChI=1S/C9H7ClN2O2/c1-5-8(9(13)14)11-7-4-6(10)2-3-12(5)7/h2-4H,1H3,(H,13,14). The van der Waals surface area contributed by atoms with Gasteiger partial charge in [-0.15, -0.1) is 0 Å². The highest BCUT2D eigenvalue weighted by molar-refractivity contribution is 6.30. The van der Waals surface area contributed by atoms with Crippen LogP contribution in [-0.2, 0) is 0 Å². The number of imidazole rings is 1. The number of pyridine rings is 1. The number of rotatable bonds is 1. The van der Waals surface area contributed by atoms with Crippen LogP contribution in [0.4, 0.5) is 0 Å². The number of aryl methyl sites for hydroxylation is 1. The number of hydrogen-bond donors (Lipinski definition) is 1. The van der Waals surface area contributed by atoms with E-state index in [4.69, 9.17) is 16.7 Å². The molecule has 1 N–H and O–H groups in total. The molecule has 0 aliphatic carbocycles. The van der Waals surface area contributed by atoms with Gasteiger partial charge < -0.3 is 9.51 Å². The van der Waals surface area contributed by atoms with Crippen LogP contribution in [0.25, 0.3) is 5.65 Å². The minimum Gasteiger partial charge on any atom is -0.476 e. The molecule has 2 aromatic rings. The van der Waals surface area contributed by atoms with Crippen molar-refractivity contribution < 1.29 is 9.90 Å². The van der Waals surface area contributed by atoms with Crippen molar-refractivity contribution >= 4 is 23.2 Å². The fourth-order valence-corrected chi connectivity index (χ4v) is 1.50. The molecule has 0 radical (unpaired) electrons. The molecule has 0 aliphatic rings. The van der Waals surface area contributed by atoms with Crippen LogP contribution in [0.1, 0.15) is 16.2 Å². The average molecular weight is 211 g/mol. The predicted octanol–water partition coefficient (Wildman–Crippen LogP) is 1.99. The molecule has 0 aromatic carbocycles. The monoisotopic (exact) mass is 210 g/mol. The molecular formula is C9H7ClN2O2. The Morgan fingerprint density at radius 1 is 1.64 bits per heavy atom. The summed E-state index contributed by atoms with van der Waals surface area (Å²) in [6, 6.07) is 3.32. The average Bonchev–Trinajstić information content (AvgIpc) is 2.43. The summed E-state index contributed by atoms with van der Waals surface area (Å²) in [5, 5.41) is 9.37. The van der Waals surface area contributed by atoms with Gasteiger partial charge in [0.15, 0.2) is 5.69 Å². The molecule has 0 saturated carbocycles. The summed E-state index contributed by atoms with van der Waals surface area (Å²) in [6.45, 7) is 1.71. The van der Waals surface area contributed by atoms with E-state index < -0.39 is 5.97 Å². The molecule has 5 heteroatoms. The molecule has 72 valence electrons. The molecule has 4 nitrogen and oxygen atoms in total. The van der Waals surface area contributed by atoms with Crippen LogP contribution in [-0.4, -0.2) is 20.5 Å². The molecule has 14 heavy (non-hydrogen) atoms. The van der Waals surface area contributed by atoms with Gasteiger partial charge in [-0.2, -0.15) is 0 Å². The third-order valence-corrected chi connectivity index (χ3v) is 2.26. The maximum absolute atomic E-state index is 10.8. The number of hydrogen-bond acceptors (Lipinski definition) is 2. The number of aromatic carboxylic acids is 1. The minimum atomic E-state index is -1.03. The molecule has 0 aliphatic heterocycles. The second-order valence-electron chi connectivity index (χ2n) is 2.92. The van der Waals surface area contributed by atoms with Crippen LogP contribution in [0.3, 0.4) is 0 Å². The maximum Gasteiger partial charge on any atom is 0.356 e. The van der Waals surface area contributed by atoms with E-state index in [9.17, 15) is 4.79 Å². The molecule has 0 saturated heterocycles. The summed E-state index contributed by atoms with van der Waals surface area (Å²) < 4.78 is 1.69. The maximum atomic E-state index is 10.8. The van der Waals surface area contributed by atoms with Gasteiger partial charge in [-0.25, -0.2) is 9.78 Å². The van der Waals surface area contributed by atoms with E-state index in [2.05, 4.69) is 4.98 Å². The number of aromatic nitrogens is 2. The van der Waals surface area contributed by atoms with E-state index in [1.165, 1.54) is 0 Å². The lowest BCUT2D eigenvalue weighted by Gasteiger charge is -1.95. The van der Waals surface area contributed by atoms with E-state index >= 15 is 0 Å². The molecule has 0 unspecified atom stereocenters. The van der Waals surface area contributed by atoms with E-state index in [0.29, 0.717) is 16.4 Å². The van der Waals surface area contributed by atoms with Crippen molar-refractivity contribution in [3.63, 3.8) is 0 Å². The first-order chi connectivity index (χ1) is 6.59.